The highest BCUT2D eigenvalue weighted by Crippen LogP contribution is 2.22. The van der Waals surface area contributed by atoms with Crippen LogP contribution in [0.15, 0.2) is 48.5 Å². The normalized spacial score (nSPS) is 10.5. The van der Waals surface area contributed by atoms with Gasteiger partial charge in [-0.25, -0.2) is 4.68 Å². The van der Waals surface area contributed by atoms with Crippen molar-refractivity contribution in [3.8, 4) is 5.69 Å². The Hall–Kier alpha value is -2.63. The zero-order valence-electron chi connectivity index (χ0n) is 16.8. The number of hydrogen-bond donors (Lipinski definition) is 1. The molecule has 1 amide bonds. The first-order valence-electron chi connectivity index (χ1n) is 9.08. The lowest BCUT2D eigenvalue weighted by Crippen LogP contribution is -2.26. The lowest BCUT2D eigenvalue weighted by molar-refractivity contribution is 0.0784. The van der Waals surface area contributed by atoms with Crippen LogP contribution in [0.3, 0.4) is 0 Å². The quantitative estimate of drug-likeness (QED) is 0.707. The summed E-state index contributed by atoms with van der Waals surface area (Å²) in [4.78, 5) is 14.5. The van der Waals surface area contributed by atoms with E-state index in [0.29, 0.717) is 18.7 Å². The van der Waals surface area contributed by atoms with Crippen molar-refractivity contribution in [1.82, 2.24) is 14.7 Å². The van der Waals surface area contributed by atoms with Gasteiger partial charge in [-0.05, 0) is 50.1 Å². The van der Waals surface area contributed by atoms with Crippen molar-refractivity contribution in [2.45, 2.75) is 33.9 Å². The van der Waals surface area contributed by atoms with Gasteiger partial charge in [0.2, 0.25) is 0 Å². The number of amides is 1. The number of aryl methyl sites for hydroxylation is 2. The monoisotopic (exact) mass is 398 g/mol. The van der Waals surface area contributed by atoms with Gasteiger partial charge in [0.15, 0.2) is 0 Å². The molecule has 3 rings (SSSR count). The maximum absolute atomic E-state index is 12.8. The summed E-state index contributed by atoms with van der Waals surface area (Å²) >= 11 is 0. The van der Waals surface area contributed by atoms with E-state index in [1.807, 2.05) is 55.1 Å². The summed E-state index contributed by atoms with van der Waals surface area (Å²) in [6, 6.07) is 15.6. The highest BCUT2D eigenvalue weighted by Gasteiger charge is 2.18. The van der Waals surface area contributed by atoms with Crippen LogP contribution in [-0.2, 0) is 13.1 Å². The van der Waals surface area contributed by atoms with Gasteiger partial charge in [-0.2, -0.15) is 5.10 Å². The first kappa shape index (κ1) is 21.7. The molecule has 0 fully saturated rings. The number of nitrogens with zero attached hydrogens (tertiary/aromatic N) is 3. The van der Waals surface area contributed by atoms with Gasteiger partial charge in [0.1, 0.15) is 0 Å². The highest BCUT2D eigenvalue weighted by atomic mass is 35.5. The molecule has 0 radical (unpaired) electrons. The first-order valence-corrected chi connectivity index (χ1v) is 9.08. The van der Waals surface area contributed by atoms with Crippen molar-refractivity contribution in [1.29, 1.82) is 0 Å². The molecule has 0 aliphatic rings. The molecule has 1 aromatic heterocycles. The van der Waals surface area contributed by atoms with Crippen LogP contribution in [0.5, 0.6) is 0 Å². The standard InChI is InChI=1S/C22H26N4O.ClH/c1-15-7-5-6-8-21(15)26-17(3)20(16(2)24-26)14-25(4)22(27)19-11-9-18(13-23)10-12-19;/h5-12H,13-14,23H2,1-4H3;1H. The Morgan fingerprint density at radius 3 is 2.32 bits per heavy atom. The van der Waals surface area contributed by atoms with E-state index in [1.54, 1.807) is 4.90 Å². The Bertz CT molecular complexity index is 963. The third kappa shape index (κ3) is 4.26. The Morgan fingerprint density at radius 1 is 1.07 bits per heavy atom. The van der Waals surface area contributed by atoms with Crippen LogP contribution in [0.1, 0.15) is 38.4 Å². The van der Waals surface area contributed by atoms with Gasteiger partial charge in [0, 0.05) is 37.0 Å². The van der Waals surface area contributed by atoms with E-state index in [-0.39, 0.29) is 18.3 Å². The molecule has 0 saturated heterocycles. The average molecular weight is 399 g/mol. The molecule has 0 spiro atoms. The molecule has 1 heterocycles. The van der Waals surface area contributed by atoms with Crippen LogP contribution < -0.4 is 5.73 Å². The Morgan fingerprint density at radius 2 is 1.71 bits per heavy atom. The molecule has 5 nitrogen and oxygen atoms in total. The number of carbonyl (C=O) groups is 1. The minimum Gasteiger partial charge on any atom is -0.337 e. The summed E-state index contributed by atoms with van der Waals surface area (Å²) in [6.07, 6.45) is 0. The SMILES string of the molecule is Cc1ccccc1-n1nc(C)c(CN(C)C(=O)c2ccc(CN)cc2)c1C.Cl. The van der Waals surface area contributed by atoms with E-state index in [0.717, 1.165) is 28.2 Å². The second-order valence-electron chi connectivity index (χ2n) is 6.91. The Labute approximate surface area is 172 Å². The van der Waals surface area contributed by atoms with Gasteiger partial charge in [-0.1, -0.05) is 30.3 Å². The molecule has 3 aromatic rings. The van der Waals surface area contributed by atoms with E-state index in [2.05, 4.69) is 26.0 Å². The van der Waals surface area contributed by atoms with Crippen molar-refractivity contribution in [3.05, 3.63) is 82.2 Å². The highest BCUT2D eigenvalue weighted by molar-refractivity contribution is 5.94. The maximum atomic E-state index is 12.8. The zero-order chi connectivity index (χ0) is 19.6. The number of benzene rings is 2. The van der Waals surface area contributed by atoms with Gasteiger partial charge < -0.3 is 10.6 Å². The number of halogens is 1. The summed E-state index contributed by atoms with van der Waals surface area (Å²) in [7, 11) is 1.82. The van der Waals surface area contributed by atoms with Gasteiger partial charge >= 0.3 is 0 Å². The van der Waals surface area contributed by atoms with E-state index >= 15 is 0 Å². The summed E-state index contributed by atoms with van der Waals surface area (Å²) < 4.78 is 1.97. The van der Waals surface area contributed by atoms with Crippen LogP contribution in [-0.4, -0.2) is 27.6 Å². The molecule has 0 saturated carbocycles. The minimum atomic E-state index is -0.0130. The van der Waals surface area contributed by atoms with Crippen LogP contribution in [0.25, 0.3) is 5.69 Å². The fraction of sp³-hybridized carbons (Fsp3) is 0.273. The molecule has 0 atom stereocenters. The molecular weight excluding hydrogens is 372 g/mol. The Kier molecular flexibility index (Phi) is 7.00. The smallest absolute Gasteiger partial charge is 0.253 e. The topological polar surface area (TPSA) is 64.2 Å². The largest absolute Gasteiger partial charge is 0.337 e. The molecule has 28 heavy (non-hydrogen) atoms. The Balaban J connectivity index is 0.00000280. The van der Waals surface area contributed by atoms with Crippen molar-refractivity contribution in [2.75, 3.05) is 7.05 Å². The molecule has 0 bridgehead atoms. The maximum Gasteiger partial charge on any atom is 0.253 e. The molecular formula is C22H27ClN4O. The zero-order valence-corrected chi connectivity index (χ0v) is 17.6. The van der Waals surface area contributed by atoms with Crippen molar-refractivity contribution in [2.24, 2.45) is 5.73 Å². The molecule has 0 aliphatic heterocycles. The predicted octanol–water partition coefficient (Wildman–Crippen LogP) is 3.95. The van der Waals surface area contributed by atoms with Gasteiger partial charge in [0.05, 0.1) is 11.4 Å². The van der Waals surface area contributed by atoms with Gasteiger partial charge in [-0.15, -0.1) is 12.4 Å². The molecule has 2 aromatic carbocycles. The third-order valence-electron chi connectivity index (χ3n) is 4.96. The van der Waals surface area contributed by atoms with E-state index in [9.17, 15) is 4.79 Å². The molecule has 2 N–H and O–H groups in total. The molecule has 0 unspecified atom stereocenters. The predicted molar refractivity (Wildman–Crippen MR) is 115 cm³/mol. The number of rotatable bonds is 5. The van der Waals surface area contributed by atoms with Crippen LogP contribution in [0.2, 0.25) is 0 Å². The second-order valence-corrected chi connectivity index (χ2v) is 6.91. The fourth-order valence-electron chi connectivity index (χ4n) is 3.25. The summed E-state index contributed by atoms with van der Waals surface area (Å²) in [5.41, 5.74) is 12.6. The number of carbonyl (C=O) groups excluding carboxylic acids is 1. The summed E-state index contributed by atoms with van der Waals surface area (Å²) in [5, 5.41) is 4.71. The van der Waals surface area contributed by atoms with Gasteiger partial charge in [-0.3, -0.25) is 4.79 Å². The average Bonchev–Trinajstić information content (AvgIpc) is 2.96. The second kappa shape index (κ2) is 9.04. The molecule has 148 valence electrons. The first-order chi connectivity index (χ1) is 12.9. The van der Waals surface area contributed by atoms with E-state index < -0.39 is 0 Å². The van der Waals surface area contributed by atoms with Crippen molar-refractivity contribution < 1.29 is 4.79 Å². The van der Waals surface area contributed by atoms with Crippen LogP contribution in [0, 0.1) is 20.8 Å². The summed E-state index contributed by atoms with van der Waals surface area (Å²) in [5.74, 6) is -0.0130. The molecule has 0 aliphatic carbocycles. The van der Waals surface area contributed by atoms with Crippen LogP contribution in [0.4, 0.5) is 0 Å². The number of para-hydroxylation sites is 1. The van der Waals surface area contributed by atoms with Gasteiger partial charge in [0.25, 0.3) is 5.91 Å². The minimum absolute atomic E-state index is 0. The van der Waals surface area contributed by atoms with E-state index in [4.69, 9.17) is 10.8 Å². The third-order valence-corrected chi connectivity index (χ3v) is 4.96. The molecule has 6 heteroatoms. The van der Waals surface area contributed by atoms with Crippen molar-refractivity contribution >= 4 is 18.3 Å². The fourth-order valence-corrected chi connectivity index (χ4v) is 3.25. The number of aromatic nitrogens is 2. The number of nitrogens with two attached hydrogens (primary N) is 1. The lowest BCUT2D eigenvalue weighted by atomic mass is 10.1. The number of hydrogen-bond acceptors (Lipinski definition) is 3. The van der Waals surface area contributed by atoms with Crippen molar-refractivity contribution in [3.63, 3.8) is 0 Å². The van der Waals surface area contributed by atoms with E-state index in [1.165, 1.54) is 5.56 Å². The van der Waals surface area contributed by atoms with Crippen LogP contribution >= 0.6 is 12.4 Å². The lowest BCUT2D eigenvalue weighted by Gasteiger charge is -2.18. The summed E-state index contributed by atoms with van der Waals surface area (Å²) in [6.45, 7) is 7.11.